The molecule has 0 N–H and O–H groups in total. The maximum atomic E-state index is 5.60. The fraction of sp³-hybridized carbons (Fsp3) is 0.500. The van der Waals surface area contributed by atoms with Gasteiger partial charge in [0.25, 0.3) is 5.89 Å². The van der Waals surface area contributed by atoms with Gasteiger partial charge in [0.1, 0.15) is 11.8 Å². The van der Waals surface area contributed by atoms with Crippen LogP contribution >= 0.6 is 0 Å². The van der Waals surface area contributed by atoms with Gasteiger partial charge in [-0.3, -0.25) is 0 Å². The summed E-state index contributed by atoms with van der Waals surface area (Å²) in [5, 5.41) is 11.9. The van der Waals surface area contributed by atoms with Gasteiger partial charge in [-0.15, -0.1) is 5.10 Å². The average Bonchev–Trinajstić information content (AvgIpc) is 2.90. The molecular weight excluding hydrogens is 232 g/mol. The molecule has 6 nitrogen and oxygen atoms in total. The van der Waals surface area contributed by atoms with E-state index in [-0.39, 0.29) is 6.10 Å². The van der Waals surface area contributed by atoms with Gasteiger partial charge >= 0.3 is 0 Å². The third kappa shape index (κ3) is 2.24. The Morgan fingerprint density at radius 1 is 1.22 bits per heavy atom. The summed E-state index contributed by atoms with van der Waals surface area (Å²) in [7, 11) is 0. The smallest absolute Gasteiger partial charge is 0.256 e. The van der Waals surface area contributed by atoms with E-state index >= 15 is 0 Å². The zero-order valence-corrected chi connectivity index (χ0v) is 10.2. The summed E-state index contributed by atoms with van der Waals surface area (Å²) in [5.74, 6) is 0.999. The van der Waals surface area contributed by atoms with Crippen LogP contribution in [0.4, 0.5) is 0 Å². The zero-order chi connectivity index (χ0) is 12.4. The van der Waals surface area contributed by atoms with Crippen LogP contribution in [0, 0.1) is 6.92 Å². The molecule has 1 unspecified atom stereocenters. The Bertz CT molecular complexity index is 517. The Balaban J connectivity index is 1.82. The van der Waals surface area contributed by atoms with Gasteiger partial charge in [0.2, 0.25) is 5.82 Å². The molecule has 94 valence electrons. The maximum Gasteiger partial charge on any atom is 0.256 e. The molecule has 18 heavy (non-hydrogen) atoms. The van der Waals surface area contributed by atoms with E-state index in [9.17, 15) is 0 Å². The molecule has 2 aromatic rings. The lowest BCUT2D eigenvalue weighted by Gasteiger charge is -2.18. The van der Waals surface area contributed by atoms with Crippen molar-refractivity contribution in [2.24, 2.45) is 0 Å². The minimum atomic E-state index is -0.0709. The first-order valence-corrected chi connectivity index (χ1v) is 6.09. The maximum absolute atomic E-state index is 5.60. The monoisotopic (exact) mass is 246 g/mol. The van der Waals surface area contributed by atoms with E-state index in [1.165, 1.54) is 0 Å². The van der Waals surface area contributed by atoms with Crippen molar-refractivity contribution in [1.82, 2.24) is 20.3 Å². The van der Waals surface area contributed by atoms with E-state index in [1.54, 1.807) is 0 Å². The molecule has 1 aliphatic rings. The molecule has 0 aromatic carbocycles. The van der Waals surface area contributed by atoms with Crippen molar-refractivity contribution in [3.05, 3.63) is 23.7 Å². The van der Waals surface area contributed by atoms with Crippen LogP contribution in [0.5, 0.6) is 0 Å². The first-order valence-electron chi connectivity index (χ1n) is 6.09. The second kappa shape index (κ2) is 4.81. The van der Waals surface area contributed by atoms with Crippen molar-refractivity contribution in [1.29, 1.82) is 0 Å². The number of ether oxygens (including phenoxy) is 1. The Labute approximate surface area is 104 Å². The summed E-state index contributed by atoms with van der Waals surface area (Å²) in [4.78, 5) is 4.33. The summed E-state index contributed by atoms with van der Waals surface area (Å²) in [6, 6.07) is 3.70. The van der Waals surface area contributed by atoms with E-state index in [1.807, 2.05) is 19.1 Å². The van der Waals surface area contributed by atoms with Crippen LogP contribution in [-0.4, -0.2) is 26.9 Å². The first-order chi connectivity index (χ1) is 8.83. The average molecular weight is 246 g/mol. The molecule has 0 saturated carbocycles. The largest absolute Gasteiger partial charge is 0.368 e. The predicted molar refractivity (Wildman–Crippen MR) is 62.6 cm³/mol. The number of nitrogens with zero attached hydrogens (tertiary/aromatic N) is 4. The SMILES string of the molecule is Cc1ccc(-c2noc(C3CCCCO3)n2)nn1. The molecule has 0 radical (unpaired) electrons. The van der Waals surface area contributed by atoms with Crippen molar-refractivity contribution in [3.8, 4) is 11.5 Å². The molecule has 2 aromatic heterocycles. The predicted octanol–water partition coefficient (Wildman–Crippen LogP) is 2.08. The molecule has 1 atom stereocenters. The van der Waals surface area contributed by atoms with Crippen LogP contribution in [0.15, 0.2) is 16.7 Å². The van der Waals surface area contributed by atoms with Crippen LogP contribution in [-0.2, 0) is 4.74 Å². The third-order valence-corrected chi connectivity index (χ3v) is 2.92. The molecule has 0 aliphatic carbocycles. The van der Waals surface area contributed by atoms with Gasteiger partial charge in [0.05, 0.1) is 5.69 Å². The van der Waals surface area contributed by atoms with Crippen molar-refractivity contribution in [3.63, 3.8) is 0 Å². The van der Waals surface area contributed by atoms with E-state index in [4.69, 9.17) is 9.26 Å². The first kappa shape index (κ1) is 11.3. The molecule has 3 rings (SSSR count). The van der Waals surface area contributed by atoms with Crippen LogP contribution < -0.4 is 0 Å². The lowest BCUT2D eigenvalue weighted by atomic mass is 10.1. The number of aromatic nitrogens is 4. The van der Waals surface area contributed by atoms with E-state index in [0.29, 0.717) is 17.4 Å². The minimum Gasteiger partial charge on any atom is -0.368 e. The zero-order valence-electron chi connectivity index (χ0n) is 10.2. The highest BCUT2D eigenvalue weighted by atomic mass is 16.5. The van der Waals surface area contributed by atoms with Crippen molar-refractivity contribution >= 4 is 0 Å². The van der Waals surface area contributed by atoms with Gasteiger partial charge in [-0.05, 0) is 38.3 Å². The Kier molecular flexibility index (Phi) is 3.02. The van der Waals surface area contributed by atoms with Crippen LogP contribution in [0.1, 0.15) is 37.0 Å². The quantitative estimate of drug-likeness (QED) is 0.807. The lowest BCUT2D eigenvalue weighted by Crippen LogP contribution is -2.11. The summed E-state index contributed by atoms with van der Waals surface area (Å²) in [6.07, 6.45) is 3.09. The Hall–Kier alpha value is -1.82. The minimum absolute atomic E-state index is 0.0709. The summed E-state index contributed by atoms with van der Waals surface area (Å²) in [6.45, 7) is 2.64. The Morgan fingerprint density at radius 2 is 2.17 bits per heavy atom. The summed E-state index contributed by atoms with van der Waals surface area (Å²) < 4.78 is 10.8. The van der Waals surface area contributed by atoms with E-state index < -0.39 is 0 Å². The number of aryl methyl sites for hydroxylation is 1. The van der Waals surface area contributed by atoms with Crippen LogP contribution in [0.25, 0.3) is 11.5 Å². The standard InChI is InChI=1S/C12H14N4O2/c1-8-5-6-9(15-14-8)11-13-12(18-16-11)10-4-2-3-7-17-10/h5-6,10H,2-4,7H2,1H3. The molecule has 3 heterocycles. The van der Waals surface area contributed by atoms with Gasteiger partial charge in [-0.1, -0.05) is 5.16 Å². The van der Waals surface area contributed by atoms with Gasteiger partial charge in [0.15, 0.2) is 0 Å². The molecule has 1 fully saturated rings. The van der Waals surface area contributed by atoms with E-state index in [0.717, 1.165) is 31.6 Å². The number of hydrogen-bond donors (Lipinski definition) is 0. The van der Waals surface area contributed by atoms with Gasteiger partial charge in [-0.2, -0.15) is 10.1 Å². The molecule has 0 amide bonds. The highest BCUT2D eigenvalue weighted by molar-refractivity contribution is 5.46. The van der Waals surface area contributed by atoms with Crippen LogP contribution in [0.3, 0.4) is 0 Å². The fourth-order valence-electron chi connectivity index (χ4n) is 1.92. The number of rotatable bonds is 2. The second-order valence-corrected chi connectivity index (χ2v) is 4.37. The molecule has 1 aliphatic heterocycles. The van der Waals surface area contributed by atoms with Crippen molar-refractivity contribution in [2.75, 3.05) is 6.61 Å². The molecule has 1 saturated heterocycles. The third-order valence-electron chi connectivity index (χ3n) is 2.92. The molecule has 6 heteroatoms. The number of hydrogen-bond acceptors (Lipinski definition) is 6. The summed E-state index contributed by atoms with van der Waals surface area (Å²) >= 11 is 0. The molecular formula is C12H14N4O2. The van der Waals surface area contributed by atoms with Gasteiger partial charge < -0.3 is 9.26 Å². The normalized spacial score (nSPS) is 19.9. The lowest BCUT2D eigenvalue weighted by molar-refractivity contribution is -0.00459. The van der Waals surface area contributed by atoms with Crippen LogP contribution in [0.2, 0.25) is 0 Å². The Morgan fingerprint density at radius 3 is 2.89 bits per heavy atom. The summed E-state index contributed by atoms with van der Waals surface area (Å²) in [5.41, 5.74) is 1.48. The molecule has 0 spiro atoms. The van der Waals surface area contributed by atoms with Crippen molar-refractivity contribution in [2.45, 2.75) is 32.3 Å². The van der Waals surface area contributed by atoms with E-state index in [2.05, 4.69) is 20.3 Å². The van der Waals surface area contributed by atoms with Crippen molar-refractivity contribution < 1.29 is 9.26 Å². The second-order valence-electron chi connectivity index (χ2n) is 4.37. The molecule has 0 bridgehead atoms. The highest BCUT2D eigenvalue weighted by Crippen LogP contribution is 2.27. The fourth-order valence-corrected chi connectivity index (χ4v) is 1.92. The van der Waals surface area contributed by atoms with Gasteiger partial charge in [-0.25, -0.2) is 0 Å². The topological polar surface area (TPSA) is 73.9 Å². The van der Waals surface area contributed by atoms with Gasteiger partial charge in [0, 0.05) is 6.61 Å². The highest BCUT2D eigenvalue weighted by Gasteiger charge is 2.23.